The van der Waals surface area contributed by atoms with Crippen LogP contribution in [0.4, 0.5) is 25.1 Å². The molecular weight excluding hydrogens is 539 g/mol. The van der Waals surface area contributed by atoms with Crippen molar-refractivity contribution in [3.63, 3.8) is 0 Å². The lowest BCUT2D eigenvalue weighted by molar-refractivity contribution is 0.0995. The number of pyridine rings is 1. The Morgan fingerprint density at radius 2 is 1.51 bits per heavy atom. The molecule has 1 fully saturated rings. The van der Waals surface area contributed by atoms with Crippen LogP contribution in [0.2, 0.25) is 0 Å². The number of piperidine rings is 1. The summed E-state index contributed by atoms with van der Waals surface area (Å²) in [5.41, 5.74) is 6.89. The van der Waals surface area contributed by atoms with Crippen molar-refractivity contribution < 1.29 is 32.6 Å². The van der Waals surface area contributed by atoms with Gasteiger partial charge >= 0.3 is 10.2 Å². The maximum atomic E-state index is 13.1. The van der Waals surface area contributed by atoms with Gasteiger partial charge in [0.25, 0.3) is 5.91 Å². The summed E-state index contributed by atoms with van der Waals surface area (Å²) in [5, 5.41) is 2.98. The molecule has 0 aliphatic carbocycles. The van der Waals surface area contributed by atoms with E-state index in [0.29, 0.717) is 36.1 Å². The number of carbonyl (C=O) groups is 1. The van der Waals surface area contributed by atoms with Crippen molar-refractivity contribution >= 4 is 31.8 Å². The number of hydrogen-bond acceptors (Lipinski definition) is 5. The number of rotatable bonds is 7. The van der Waals surface area contributed by atoms with E-state index in [2.05, 4.69) is 10.3 Å². The summed E-state index contributed by atoms with van der Waals surface area (Å²) in [6.07, 6.45) is 2.17. The van der Waals surface area contributed by atoms with Gasteiger partial charge in [0, 0.05) is 31.0 Å². The summed E-state index contributed by atoms with van der Waals surface area (Å²) in [6, 6.07) is 11.6. The third kappa shape index (κ3) is 6.19. The highest BCUT2D eigenvalue weighted by atomic mass is 32.5. The number of hydrogen-bond donors (Lipinski definition) is 2. The van der Waals surface area contributed by atoms with Crippen LogP contribution in [0.5, 0.6) is 0 Å². The first-order valence-corrected chi connectivity index (χ1v) is 14.4. The van der Waals surface area contributed by atoms with E-state index in [-0.39, 0.29) is 35.4 Å². The van der Waals surface area contributed by atoms with Gasteiger partial charge in [-0.15, -0.1) is 0 Å². The standard InChI is InChI=1S/C23H23F5N4O3S2/c24-37(25,26,27,28)21-7-3-18(4-8-21)31-19-10-13-32(14-11-19)36(34,35)20-5-1-16(2-6-20)17-9-12-30-22(15-17)23(29)33/h1-9,12,15,19,31H,10-11,13-14H2,(H2,29,33). The lowest BCUT2D eigenvalue weighted by atomic mass is 10.1. The third-order valence-electron chi connectivity index (χ3n) is 5.96. The average molecular weight is 563 g/mol. The van der Waals surface area contributed by atoms with Gasteiger partial charge in [-0.2, -0.15) is 4.31 Å². The largest absolute Gasteiger partial charge is 0.382 e. The number of carbonyl (C=O) groups excluding carboxylic acids is 1. The highest BCUT2D eigenvalue weighted by Crippen LogP contribution is 3.02. The highest BCUT2D eigenvalue weighted by molar-refractivity contribution is 8.45. The van der Waals surface area contributed by atoms with Crippen LogP contribution in [0.1, 0.15) is 23.3 Å². The molecule has 1 amide bonds. The zero-order valence-electron chi connectivity index (χ0n) is 19.2. The molecule has 14 heteroatoms. The molecule has 3 N–H and O–H groups in total. The lowest BCUT2D eigenvalue weighted by Gasteiger charge is -2.40. The maximum absolute atomic E-state index is 13.1. The van der Waals surface area contributed by atoms with E-state index in [4.69, 9.17) is 5.73 Å². The molecule has 1 saturated heterocycles. The molecule has 2 aromatic carbocycles. The average Bonchev–Trinajstić information content (AvgIpc) is 2.83. The summed E-state index contributed by atoms with van der Waals surface area (Å²) in [7, 11) is -13.5. The molecule has 1 aliphatic heterocycles. The fourth-order valence-corrected chi connectivity index (χ4v) is 6.12. The predicted molar refractivity (Wildman–Crippen MR) is 131 cm³/mol. The zero-order valence-corrected chi connectivity index (χ0v) is 20.8. The van der Waals surface area contributed by atoms with Crippen molar-refractivity contribution in [3.05, 3.63) is 72.6 Å². The molecule has 7 nitrogen and oxygen atoms in total. The van der Waals surface area contributed by atoms with Crippen molar-refractivity contribution in [1.29, 1.82) is 0 Å². The van der Waals surface area contributed by atoms with E-state index >= 15 is 0 Å². The van der Waals surface area contributed by atoms with Gasteiger partial charge < -0.3 is 11.1 Å². The first-order chi connectivity index (χ1) is 17.0. The first-order valence-electron chi connectivity index (χ1n) is 11.0. The molecule has 2 heterocycles. The molecule has 200 valence electrons. The summed E-state index contributed by atoms with van der Waals surface area (Å²) < 4.78 is 91.9. The van der Waals surface area contributed by atoms with Crippen LogP contribution in [0.15, 0.2) is 76.7 Å². The first kappa shape index (κ1) is 26.8. The number of halogens is 5. The second-order valence-corrected chi connectivity index (χ2v) is 13.0. The Morgan fingerprint density at radius 3 is 2.05 bits per heavy atom. The molecule has 0 unspecified atom stereocenters. The fourth-order valence-electron chi connectivity index (χ4n) is 4.00. The Labute approximate surface area is 210 Å². The van der Waals surface area contributed by atoms with Crippen molar-refractivity contribution in [1.82, 2.24) is 9.29 Å². The Kier molecular flexibility index (Phi) is 6.28. The minimum atomic E-state index is -9.73. The van der Waals surface area contributed by atoms with Crippen LogP contribution >= 0.6 is 10.2 Å². The summed E-state index contributed by atoms with van der Waals surface area (Å²) >= 11 is 0. The molecule has 0 saturated carbocycles. The molecule has 1 aromatic heterocycles. The molecule has 4 rings (SSSR count). The van der Waals surface area contributed by atoms with E-state index in [1.54, 1.807) is 18.2 Å². The Balaban J connectivity index is 1.39. The second kappa shape index (κ2) is 8.67. The van der Waals surface area contributed by atoms with Crippen molar-refractivity contribution in [2.75, 3.05) is 18.4 Å². The van der Waals surface area contributed by atoms with Crippen LogP contribution in [0.3, 0.4) is 0 Å². The minimum Gasteiger partial charge on any atom is -0.382 e. The lowest BCUT2D eigenvalue weighted by Crippen LogP contribution is -2.42. The topological polar surface area (TPSA) is 105 Å². The van der Waals surface area contributed by atoms with Crippen molar-refractivity contribution in [3.8, 4) is 11.1 Å². The van der Waals surface area contributed by atoms with E-state index in [1.807, 2.05) is 0 Å². The Hall–Kier alpha value is -3.23. The van der Waals surface area contributed by atoms with Crippen LogP contribution in [0.25, 0.3) is 11.1 Å². The number of primary amides is 1. The van der Waals surface area contributed by atoms with Crippen molar-refractivity contribution in [2.45, 2.75) is 28.7 Å². The molecule has 37 heavy (non-hydrogen) atoms. The van der Waals surface area contributed by atoms with Gasteiger partial charge in [0.2, 0.25) is 10.0 Å². The van der Waals surface area contributed by atoms with Crippen LogP contribution < -0.4 is 11.1 Å². The van der Waals surface area contributed by atoms with Gasteiger partial charge in [-0.05, 0) is 72.5 Å². The Bertz CT molecular complexity index is 1430. The van der Waals surface area contributed by atoms with Gasteiger partial charge in [-0.25, -0.2) is 8.42 Å². The normalized spacial score (nSPS) is 17.5. The summed E-state index contributed by atoms with van der Waals surface area (Å²) in [6.45, 7) is 0.329. The fraction of sp³-hybridized carbons (Fsp3) is 0.217. The van der Waals surface area contributed by atoms with Gasteiger partial charge in [0.05, 0.1) is 4.90 Å². The van der Waals surface area contributed by atoms with Gasteiger partial charge in [0.1, 0.15) is 10.6 Å². The summed E-state index contributed by atoms with van der Waals surface area (Å²) in [5.74, 6) is -0.681. The second-order valence-electron chi connectivity index (χ2n) is 8.63. The molecule has 0 atom stereocenters. The molecule has 1 aliphatic rings. The SMILES string of the molecule is NC(=O)c1cc(-c2ccc(S(=O)(=O)N3CCC(Nc4ccc(S(F)(F)(F)(F)F)cc4)CC3)cc2)ccn1. The van der Waals surface area contributed by atoms with Crippen LogP contribution in [-0.2, 0) is 10.0 Å². The van der Waals surface area contributed by atoms with E-state index in [9.17, 15) is 32.6 Å². The molecule has 0 bridgehead atoms. The van der Waals surface area contributed by atoms with Gasteiger partial charge in [0.15, 0.2) is 0 Å². The molecular formula is C23H23F5N4O3S2. The quantitative estimate of drug-likeness (QED) is 0.356. The number of amides is 1. The third-order valence-corrected chi connectivity index (χ3v) is 9.04. The molecule has 3 aromatic rings. The minimum absolute atomic E-state index is 0.0819. The summed E-state index contributed by atoms with van der Waals surface area (Å²) in [4.78, 5) is 13.3. The van der Waals surface area contributed by atoms with Gasteiger partial charge in [-0.3, -0.25) is 9.78 Å². The van der Waals surface area contributed by atoms with E-state index < -0.39 is 31.0 Å². The van der Waals surface area contributed by atoms with E-state index in [0.717, 1.165) is 12.1 Å². The molecule has 0 radical (unpaired) electrons. The van der Waals surface area contributed by atoms with Crippen molar-refractivity contribution in [2.24, 2.45) is 5.73 Å². The number of benzene rings is 2. The highest BCUT2D eigenvalue weighted by Gasteiger charge is 2.65. The Morgan fingerprint density at radius 1 is 0.919 bits per heavy atom. The van der Waals surface area contributed by atoms with Crippen LogP contribution in [-0.4, -0.2) is 42.7 Å². The molecule has 0 spiro atoms. The zero-order chi connectivity index (χ0) is 27.1. The van der Waals surface area contributed by atoms with Gasteiger partial charge in [-0.1, -0.05) is 31.6 Å². The number of sulfonamides is 1. The van der Waals surface area contributed by atoms with E-state index in [1.165, 1.54) is 28.7 Å². The number of nitrogens with one attached hydrogen (secondary N) is 1. The number of nitrogens with zero attached hydrogens (tertiary/aromatic N) is 2. The predicted octanol–water partition coefficient (Wildman–Crippen LogP) is 5.77. The maximum Gasteiger partial charge on any atom is 0.310 e. The monoisotopic (exact) mass is 562 g/mol. The number of nitrogens with two attached hydrogens (primary N) is 1. The van der Waals surface area contributed by atoms with Crippen LogP contribution in [0, 0.1) is 0 Å². The number of anilines is 1. The number of aromatic nitrogens is 1. The smallest absolute Gasteiger partial charge is 0.310 e.